The van der Waals surface area contributed by atoms with Crippen LogP contribution in [0.15, 0.2) is 69.0 Å². The van der Waals surface area contributed by atoms with Crippen LogP contribution in [0.3, 0.4) is 0 Å². The van der Waals surface area contributed by atoms with Crippen LogP contribution in [0.4, 0.5) is 5.69 Å². The van der Waals surface area contributed by atoms with Gasteiger partial charge in [0.25, 0.3) is 5.91 Å². The summed E-state index contributed by atoms with van der Waals surface area (Å²) < 4.78 is 12.1. The van der Waals surface area contributed by atoms with Gasteiger partial charge in [0.2, 0.25) is 0 Å². The fourth-order valence-electron chi connectivity index (χ4n) is 3.37. The van der Waals surface area contributed by atoms with E-state index in [4.69, 9.17) is 32.7 Å². The molecule has 0 bridgehead atoms. The Hall–Kier alpha value is -2.98. The van der Waals surface area contributed by atoms with Crippen molar-refractivity contribution in [2.75, 3.05) is 14.2 Å². The van der Waals surface area contributed by atoms with Crippen molar-refractivity contribution < 1.29 is 24.2 Å². The minimum absolute atomic E-state index is 0.118. The van der Waals surface area contributed by atoms with Crippen LogP contribution in [-0.2, 0) is 11.4 Å². The van der Waals surface area contributed by atoms with Gasteiger partial charge < -0.3 is 14.6 Å². The van der Waals surface area contributed by atoms with Gasteiger partial charge in [0.05, 0.1) is 27.7 Å². The van der Waals surface area contributed by atoms with E-state index in [0.29, 0.717) is 47.3 Å². The summed E-state index contributed by atoms with van der Waals surface area (Å²) in [7, 11) is 3.14. The van der Waals surface area contributed by atoms with Crippen molar-refractivity contribution in [3.63, 3.8) is 0 Å². The lowest BCUT2D eigenvalue weighted by Crippen LogP contribution is -2.23. The number of ether oxygens (including phenoxy) is 2. The average molecular weight is 622 g/mol. The van der Waals surface area contributed by atoms with Crippen LogP contribution < -0.4 is 9.47 Å². The molecular weight excluding hydrogens is 603 g/mol. The summed E-state index contributed by atoms with van der Waals surface area (Å²) in [5.74, 6) is -0.325. The second-order valence-electron chi connectivity index (χ2n) is 7.78. The lowest BCUT2D eigenvalue weighted by Gasteiger charge is -2.14. The summed E-state index contributed by atoms with van der Waals surface area (Å²) in [5, 5.41) is 10.7. The average Bonchev–Trinajstić information content (AvgIpc) is 3.11. The number of aromatic carboxylic acids is 1. The summed E-state index contributed by atoms with van der Waals surface area (Å²) in [6.45, 7) is 0.202. The second kappa shape index (κ2) is 11.6. The van der Waals surface area contributed by atoms with Crippen molar-refractivity contribution in [2.45, 2.75) is 6.61 Å². The number of methoxy groups -OCH3 is 1. The van der Waals surface area contributed by atoms with E-state index in [2.05, 4.69) is 20.9 Å². The minimum atomic E-state index is -1.05. The van der Waals surface area contributed by atoms with Crippen molar-refractivity contribution in [1.29, 1.82) is 0 Å². The molecule has 1 N–H and O–H groups in total. The van der Waals surface area contributed by atoms with Gasteiger partial charge in [0.15, 0.2) is 16.7 Å². The Balaban J connectivity index is 1.57. The predicted molar refractivity (Wildman–Crippen MR) is 150 cm³/mol. The Morgan fingerprint density at radius 2 is 1.97 bits per heavy atom. The molecule has 1 aliphatic rings. The molecule has 0 aromatic heterocycles. The number of halogens is 3. The van der Waals surface area contributed by atoms with Gasteiger partial charge in [0, 0.05) is 22.7 Å². The smallest absolute Gasteiger partial charge is 0.335 e. The Morgan fingerprint density at radius 3 is 2.68 bits per heavy atom. The number of amides is 1. The molecule has 3 aromatic carbocycles. The van der Waals surface area contributed by atoms with Gasteiger partial charge in [-0.2, -0.15) is 0 Å². The van der Waals surface area contributed by atoms with E-state index in [-0.39, 0.29) is 18.1 Å². The quantitative estimate of drug-likeness (QED) is 0.279. The molecule has 1 amide bonds. The Bertz CT molecular complexity index is 1460. The lowest BCUT2D eigenvalue weighted by atomic mass is 10.1. The highest BCUT2D eigenvalue weighted by Crippen LogP contribution is 2.40. The molecule has 3 aromatic rings. The standard InChI is InChI=1S/C26H19BrCl2N2O5S/c1-31-24(32)22(37-26(31)30-18-5-3-4-15(11-18)25(33)34)10-14-8-19(27)23(21(9-14)35-2)36-13-16-6-7-17(28)12-20(16)29/h3-12H,13H2,1-2H3,(H,33,34)/b22-10-,30-26?. The van der Waals surface area contributed by atoms with Crippen molar-refractivity contribution in [3.05, 3.63) is 90.7 Å². The van der Waals surface area contributed by atoms with E-state index in [9.17, 15) is 14.7 Å². The summed E-state index contributed by atoms with van der Waals surface area (Å²) in [4.78, 5) is 30.5. The van der Waals surface area contributed by atoms with Gasteiger partial charge in [-0.05, 0) is 81.8 Å². The number of carbonyl (C=O) groups is 2. The zero-order chi connectivity index (χ0) is 26.7. The molecule has 0 radical (unpaired) electrons. The molecule has 190 valence electrons. The summed E-state index contributed by atoms with van der Waals surface area (Å²) in [6, 6.07) is 15.0. The molecule has 1 aliphatic heterocycles. The number of likely N-dealkylation sites (N-methyl/N-ethyl adjacent to an activating group) is 1. The van der Waals surface area contributed by atoms with Crippen LogP contribution in [0.2, 0.25) is 10.0 Å². The van der Waals surface area contributed by atoms with E-state index in [1.807, 2.05) is 6.07 Å². The lowest BCUT2D eigenvalue weighted by molar-refractivity contribution is -0.121. The number of hydrogen-bond acceptors (Lipinski definition) is 6. The molecule has 1 fully saturated rings. The Labute approximate surface area is 235 Å². The third kappa shape index (κ3) is 6.30. The minimum Gasteiger partial charge on any atom is -0.493 e. The van der Waals surface area contributed by atoms with Gasteiger partial charge in [-0.15, -0.1) is 0 Å². The van der Waals surface area contributed by atoms with E-state index in [0.717, 1.165) is 5.56 Å². The highest BCUT2D eigenvalue weighted by Gasteiger charge is 2.30. The third-order valence-electron chi connectivity index (χ3n) is 5.26. The first-order chi connectivity index (χ1) is 17.7. The van der Waals surface area contributed by atoms with Crippen molar-refractivity contribution >= 4 is 79.7 Å². The first-order valence-corrected chi connectivity index (χ1v) is 13.1. The number of benzene rings is 3. The number of thioether (sulfide) groups is 1. The van der Waals surface area contributed by atoms with Crippen LogP contribution >= 0.6 is 50.9 Å². The molecule has 0 saturated carbocycles. The first kappa shape index (κ1) is 27.1. The van der Waals surface area contributed by atoms with Crippen molar-refractivity contribution in [1.82, 2.24) is 4.90 Å². The zero-order valence-corrected chi connectivity index (χ0v) is 23.4. The maximum Gasteiger partial charge on any atom is 0.335 e. The number of carboxylic acid groups (broad SMARTS) is 1. The molecule has 1 saturated heterocycles. The number of carbonyl (C=O) groups excluding carboxylic acids is 1. The molecule has 1 heterocycles. The van der Waals surface area contributed by atoms with Gasteiger partial charge in [-0.3, -0.25) is 9.69 Å². The number of rotatable bonds is 7. The predicted octanol–water partition coefficient (Wildman–Crippen LogP) is 7.28. The number of carboxylic acids is 1. The Kier molecular flexibility index (Phi) is 8.49. The van der Waals surface area contributed by atoms with E-state index < -0.39 is 5.97 Å². The number of aliphatic imine (C=N–C) groups is 1. The van der Waals surface area contributed by atoms with E-state index in [1.54, 1.807) is 49.5 Å². The second-order valence-corrected chi connectivity index (χ2v) is 10.5. The van der Waals surface area contributed by atoms with Crippen LogP contribution in [0, 0.1) is 0 Å². The molecular formula is C26H19BrCl2N2O5S. The van der Waals surface area contributed by atoms with Crippen LogP contribution in [0.5, 0.6) is 11.5 Å². The molecule has 0 atom stereocenters. The van der Waals surface area contributed by atoms with Gasteiger partial charge in [0.1, 0.15) is 6.61 Å². The van der Waals surface area contributed by atoms with Gasteiger partial charge in [-0.1, -0.05) is 35.3 Å². The van der Waals surface area contributed by atoms with Crippen LogP contribution in [0.1, 0.15) is 21.5 Å². The van der Waals surface area contributed by atoms with Gasteiger partial charge in [-0.25, -0.2) is 9.79 Å². The topological polar surface area (TPSA) is 88.4 Å². The highest BCUT2D eigenvalue weighted by atomic mass is 79.9. The monoisotopic (exact) mass is 620 g/mol. The first-order valence-electron chi connectivity index (χ1n) is 10.7. The number of hydrogen-bond donors (Lipinski definition) is 1. The van der Waals surface area contributed by atoms with Crippen molar-refractivity contribution in [3.8, 4) is 11.5 Å². The molecule has 0 spiro atoms. The van der Waals surface area contributed by atoms with E-state index >= 15 is 0 Å². The van der Waals surface area contributed by atoms with Crippen LogP contribution in [0.25, 0.3) is 6.08 Å². The maximum absolute atomic E-state index is 12.9. The number of nitrogens with zero attached hydrogens (tertiary/aromatic N) is 2. The Morgan fingerprint density at radius 1 is 1.19 bits per heavy atom. The van der Waals surface area contributed by atoms with E-state index in [1.165, 1.54) is 35.9 Å². The van der Waals surface area contributed by atoms with Crippen molar-refractivity contribution in [2.24, 2.45) is 4.99 Å². The summed E-state index contributed by atoms with van der Waals surface area (Å²) in [6.07, 6.45) is 1.73. The highest BCUT2D eigenvalue weighted by molar-refractivity contribution is 9.10. The molecule has 11 heteroatoms. The molecule has 0 unspecified atom stereocenters. The van der Waals surface area contributed by atoms with Crippen LogP contribution in [-0.4, -0.2) is 41.2 Å². The zero-order valence-electron chi connectivity index (χ0n) is 19.5. The fraction of sp³-hybridized carbons (Fsp3) is 0.115. The summed E-state index contributed by atoms with van der Waals surface area (Å²) in [5.41, 5.74) is 2.03. The number of amidine groups is 1. The maximum atomic E-state index is 12.9. The molecule has 4 rings (SSSR count). The molecule has 7 nitrogen and oxygen atoms in total. The fourth-order valence-corrected chi connectivity index (χ4v) is 5.40. The largest absolute Gasteiger partial charge is 0.493 e. The molecule has 0 aliphatic carbocycles. The normalized spacial score (nSPS) is 15.5. The molecule has 37 heavy (non-hydrogen) atoms. The van der Waals surface area contributed by atoms with Gasteiger partial charge >= 0.3 is 5.97 Å². The third-order valence-corrected chi connectivity index (χ3v) is 7.49. The summed E-state index contributed by atoms with van der Waals surface area (Å²) >= 11 is 16.9. The SMILES string of the molecule is COc1cc(/C=C2\SC(=Nc3cccc(C(=O)O)c3)N(C)C2=O)cc(Br)c1OCc1ccc(Cl)cc1Cl.